The third-order valence-electron chi connectivity index (χ3n) is 1.88. The van der Waals surface area contributed by atoms with Gasteiger partial charge in [-0.25, -0.2) is 0 Å². The van der Waals surface area contributed by atoms with Crippen molar-refractivity contribution in [1.82, 2.24) is 5.43 Å². The highest BCUT2D eigenvalue weighted by molar-refractivity contribution is 8.12. The van der Waals surface area contributed by atoms with Gasteiger partial charge in [0.15, 0.2) is 0 Å². The maximum Gasteiger partial charge on any atom is 0.329 e. The molecular weight excluding hydrogens is 218 g/mol. The molecule has 1 aromatic carbocycles. The SMILES string of the molecule is CSC(NN=C(C)C)=[NH+]Cc1ccccc1. The van der Waals surface area contributed by atoms with E-state index < -0.39 is 0 Å². The Bertz CT molecular complexity index is 367. The second-order valence-corrected chi connectivity index (χ2v) is 4.36. The molecule has 0 amide bonds. The Morgan fingerprint density at radius 3 is 2.56 bits per heavy atom. The molecule has 16 heavy (non-hydrogen) atoms. The smallest absolute Gasteiger partial charge is 0.263 e. The number of hydrogen-bond donors (Lipinski definition) is 2. The van der Waals surface area contributed by atoms with Gasteiger partial charge in [0.05, 0.1) is 5.71 Å². The summed E-state index contributed by atoms with van der Waals surface area (Å²) in [5, 5.41) is 5.12. The fraction of sp³-hybridized carbons (Fsp3) is 0.333. The van der Waals surface area contributed by atoms with Crippen LogP contribution in [0.1, 0.15) is 19.4 Å². The number of nitrogens with one attached hydrogen (secondary N) is 2. The first-order valence-electron chi connectivity index (χ1n) is 5.18. The molecule has 0 fully saturated rings. The summed E-state index contributed by atoms with van der Waals surface area (Å²) in [7, 11) is 0. The Morgan fingerprint density at radius 1 is 1.31 bits per heavy atom. The average molecular weight is 236 g/mol. The standard InChI is InChI=1S/C12H17N3S/c1-10(2)14-15-12(16-3)13-9-11-7-5-4-6-8-11/h4-8H,9H2,1-3H3,(H,13,15)/p+1. The Kier molecular flexibility index (Phi) is 5.64. The van der Waals surface area contributed by atoms with Crippen molar-refractivity contribution in [1.29, 1.82) is 0 Å². The third-order valence-corrected chi connectivity index (χ3v) is 2.52. The summed E-state index contributed by atoms with van der Waals surface area (Å²) in [5.74, 6) is 0. The lowest BCUT2D eigenvalue weighted by molar-refractivity contribution is -0.474. The molecule has 0 heterocycles. The second-order valence-electron chi connectivity index (χ2n) is 3.54. The molecule has 0 aliphatic rings. The van der Waals surface area contributed by atoms with Crippen LogP contribution in [0.4, 0.5) is 0 Å². The van der Waals surface area contributed by atoms with Gasteiger partial charge in [-0.3, -0.25) is 4.99 Å². The first-order valence-corrected chi connectivity index (χ1v) is 6.40. The van der Waals surface area contributed by atoms with Crippen molar-refractivity contribution in [3.63, 3.8) is 0 Å². The van der Waals surface area contributed by atoms with Crippen LogP contribution >= 0.6 is 11.8 Å². The van der Waals surface area contributed by atoms with E-state index in [2.05, 4.69) is 27.7 Å². The van der Waals surface area contributed by atoms with Gasteiger partial charge in [-0.05, 0) is 37.4 Å². The molecule has 3 nitrogen and oxygen atoms in total. The van der Waals surface area contributed by atoms with Gasteiger partial charge in [-0.1, -0.05) is 35.4 Å². The first kappa shape index (κ1) is 12.8. The minimum absolute atomic E-state index is 0.808. The van der Waals surface area contributed by atoms with Crippen LogP contribution in [0.15, 0.2) is 35.4 Å². The van der Waals surface area contributed by atoms with E-state index in [4.69, 9.17) is 0 Å². The van der Waals surface area contributed by atoms with Gasteiger partial charge < -0.3 is 0 Å². The normalized spacial score (nSPS) is 11.1. The molecule has 1 rings (SSSR count). The van der Waals surface area contributed by atoms with Gasteiger partial charge in [0, 0.05) is 0 Å². The van der Waals surface area contributed by atoms with Crippen LogP contribution in [0.3, 0.4) is 0 Å². The molecule has 1 aromatic rings. The average Bonchev–Trinajstić information content (AvgIpc) is 2.30. The van der Waals surface area contributed by atoms with Crippen LogP contribution in [0.25, 0.3) is 0 Å². The van der Waals surface area contributed by atoms with Crippen LogP contribution in [-0.2, 0) is 6.54 Å². The minimum atomic E-state index is 0.808. The predicted molar refractivity (Wildman–Crippen MR) is 71.5 cm³/mol. The fourth-order valence-electron chi connectivity index (χ4n) is 1.10. The Hall–Kier alpha value is -1.29. The van der Waals surface area contributed by atoms with Crippen molar-refractivity contribution in [3.8, 4) is 0 Å². The third kappa shape index (κ3) is 4.98. The maximum absolute atomic E-state index is 4.15. The van der Waals surface area contributed by atoms with Crippen molar-refractivity contribution in [2.75, 3.05) is 6.26 Å². The van der Waals surface area contributed by atoms with Gasteiger partial charge in [0.1, 0.15) is 6.54 Å². The molecular formula is C12H18N3S+. The summed E-state index contributed by atoms with van der Waals surface area (Å²) < 4.78 is 0. The molecule has 0 spiro atoms. The van der Waals surface area contributed by atoms with Crippen LogP contribution in [0.5, 0.6) is 0 Å². The zero-order valence-electron chi connectivity index (χ0n) is 9.95. The molecule has 4 heteroatoms. The number of rotatable bonds is 3. The van der Waals surface area contributed by atoms with Gasteiger partial charge >= 0.3 is 5.17 Å². The number of hydrazone groups is 1. The first-order chi connectivity index (χ1) is 7.72. The maximum atomic E-state index is 4.15. The van der Waals surface area contributed by atoms with Crippen molar-refractivity contribution in [3.05, 3.63) is 35.9 Å². The monoisotopic (exact) mass is 236 g/mol. The van der Waals surface area contributed by atoms with Gasteiger partial charge in [-0.15, -0.1) is 5.43 Å². The predicted octanol–water partition coefficient (Wildman–Crippen LogP) is 0.972. The summed E-state index contributed by atoms with van der Waals surface area (Å²) >= 11 is 1.62. The topological polar surface area (TPSA) is 38.4 Å². The lowest BCUT2D eigenvalue weighted by atomic mass is 10.2. The molecule has 86 valence electrons. The summed E-state index contributed by atoms with van der Waals surface area (Å²) in [5.41, 5.74) is 5.26. The quantitative estimate of drug-likeness (QED) is 0.466. The molecule has 0 bridgehead atoms. The molecule has 0 radical (unpaired) electrons. The van der Waals surface area contributed by atoms with E-state index in [1.165, 1.54) is 5.56 Å². The van der Waals surface area contributed by atoms with E-state index in [0.29, 0.717) is 0 Å². The molecule has 2 N–H and O–H groups in total. The van der Waals surface area contributed by atoms with Gasteiger partial charge in [0.2, 0.25) is 0 Å². The highest BCUT2D eigenvalue weighted by atomic mass is 32.2. The molecule has 0 atom stereocenters. The Morgan fingerprint density at radius 2 is 2.00 bits per heavy atom. The molecule has 0 saturated carbocycles. The van der Waals surface area contributed by atoms with Gasteiger partial charge in [-0.2, -0.15) is 0 Å². The van der Waals surface area contributed by atoms with Crippen molar-refractivity contribution in [2.24, 2.45) is 5.10 Å². The largest absolute Gasteiger partial charge is 0.329 e. The summed E-state index contributed by atoms with van der Waals surface area (Å²) in [6.45, 7) is 4.73. The molecule has 0 aliphatic heterocycles. The van der Waals surface area contributed by atoms with Crippen LogP contribution in [-0.4, -0.2) is 17.1 Å². The van der Waals surface area contributed by atoms with E-state index in [1.54, 1.807) is 11.8 Å². The van der Waals surface area contributed by atoms with Crippen molar-refractivity contribution in [2.45, 2.75) is 20.4 Å². The fourth-order valence-corrected chi connectivity index (χ4v) is 1.45. The second kappa shape index (κ2) is 7.06. The zero-order chi connectivity index (χ0) is 11.8. The Labute approximate surface area is 101 Å². The Balaban J connectivity index is 2.57. The van der Waals surface area contributed by atoms with E-state index in [1.807, 2.05) is 38.3 Å². The van der Waals surface area contributed by atoms with Crippen molar-refractivity contribution < 1.29 is 4.99 Å². The lowest BCUT2D eigenvalue weighted by Gasteiger charge is -1.96. The van der Waals surface area contributed by atoms with Gasteiger partial charge in [0.25, 0.3) is 0 Å². The van der Waals surface area contributed by atoms with E-state index >= 15 is 0 Å². The number of amidine groups is 1. The minimum Gasteiger partial charge on any atom is -0.263 e. The van der Waals surface area contributed by atoms with E-state index in [9.17, 15) is 0 Å². The van der Waals surface area contributed by atoms with E-state index in [0.717, 1.165) is 17.4 Å². The molecule has 0 aliphatic carbocycles. The molecule has 0 aromatic heterocycles. The highest BCUT2D eigenvalue weighted by Gasteiger charge is 2.02. The van der Waals surface area contributed by atoms with Crippen LogP contribution in [0.2, 0.25) is 0 Å². The van der Waals surface area contributed by atoms with Crippen molar-refractivity contribution >= 4 is 22.6 Å². The summed E-state index contributed by atoms with van der Waals surface area (Å²) in [6.07, 6.45) is 2.01. The summed E-state index contributed by atoms with van der Waals surface area (Å²) in [4.78, 5) is 3.30. The van der Waals surface area contributed by atoms with Crippen LogP contribution in [0, 0.1) is 0 Å². The highest BCUT2D eigenvalue weighted by Crippen LogP contribution is 1.94. The van der Waals surface area contributed by atoms with Crippen LogP contribution < -0.4 is 10.4 Å². The van der Waals surface area contributed by atoms with E-state index in [-0.39, 0.29) is 0 Å². The summed E-state index contributed by atoms with van der Waals surface area (Å²) in [6, 6.07) is 10.3. The lowest BCUT2D eigenvalue weighted by Crippen LogP contribution is -2.73. The molecule has 0 saturated heterocycles. The molecule has 0 unspecified atom stereocenters. The number of hydrogen-bond acceptors (Lipinski definition) is 2. The number of thioether (sulfide) groups is 1. The number of nitrogens with zero attached hydrogens (tertiary/aromatic N) is 1. The zero-order valence-corrected chi connectivity index (χ0v) is 10.8. The number of benzene rings is 1.